The van der Waals surface area contributed by atoms with Gasteiger partial charge in [-0.25, -0.2) is 0 Å². The molecule has 1 aromatic rings. The van der Waals surface area contributed by atoms with Crippen LogP contribution in [0.3, 0.4) is 0 Å². The molecule has 0 aromatic heterocycles. The van der Waals surface area contributed by atoms with E-state index in [4.69, 9.17) is 10.4 Å². The van der Waals surface area contributed by atoms with Crippen LogP contribution in [0.25, 0.3) is 0 Å². The van der Waals surface area contributed by atoms with Crippen molar-refractivity contribution < 1.29 is 14.5 Å². The Morgan fingerprint density at radius 2 is 2.14 bits per heavy atom. The molecule has 1 unspecified atom stereocenters. The number of amides is 1. The molecule has 1 aliphatic heterocycles. The van der Waals surface area contributed by atoms with Crippen LogP contribution in [0.1, 0.15) is 5.56 Å². The maximum absolute atomic E-state index is 11.0. The molecule has 6 heteroatoms. The minimum atomic E-state index is -2.61. The smallest absolute Gasteiger partial charge is 0.355 e. The second-order valence-electron chi connectivity index (χ2n) is 3.16. The van der Waals surface area contributed by atoms with E-state index in [0.29, 0.717) is 5.46 Å². The number of rotatable bonds is 1. The highest BCUT2D eigenvalue weighted by Gasteiger charge is 2.37. The van der Waals surface area contributed by atoms with Crippen LogP contribution < -0.4 is 11.2 Å². The first-order chi connectivity index (χ1) is 6.14. The summed E-state index contributed by atoms with van der Waals surface area (Å²) in [6.07, 6.45) is 0. The summed E-state index contributed by atoms with van der Waals surface area (Å²) in [5.74, 6) is -0.815. The van der Waals surface area contributed by atoms with Gasteiger partial charge in [-0.05, 0) is 0 Å². The number of hydrogen-bond acceptors (Lipinski definition) is 3. The fraction of sp³-hybridized carbons (Fsp3) is 0.125. The van der Waals surface area contributed by atoms with Gasteiger partial charge in [0.15, 0.2) is 0 Å². The van der Waals surface area contributed by atoms with Gasteiger partial charge in [0.2, 0.25) is 0 Å². The minimum absolute atomic E-state index is 0. The molecule has 0 bridgehead atoms. The van der Waals surface area contributed by atoms with Crippen molar-refractivity contribution in [2.45, 2.75) is 6.61 Å². The van der Waals surface area contributed by atoms with E-state index in [9.17, 15) is 9.82 Å². The molecule has 0 aliphatic carbocycles. The van der Waals surface area contributed by atoms with E-state index in [1.165, 1.54) is 0 Å². The van der Waals surface area contributed by atoms with Crippen LogP contribution in [0.15, 0.2) is 24.3 Å². The number of carbonyl (C=O) groups excluding carboxylic acids is 1. The average Bonchev–Trinajstić information content (AvgIpc) is 2.47. The third-order valence-electron chi connectivity index (χ3n) is 2.34. The van der Waals surface area contributed by atoms with Crippen LogP contribution in [0.2, 0.25) is 0 Å². The van der Waals surface area contributed by atoms with Gasteiger partial charge in [-0.2, -0.15) is 0 Å². The van der Waals surface area contributed by atoms with E-state index in [2.05, 4.69) is 0 Å². The van der Waals surface area contributed by atoms with Crippen LogP contribution >= 0.6 is 12.4 Å². The predicted molar refractivity (Wildman–Crippen MR) is 55.7 cm³/mol. The molecule has 2 rings (SSSR count). The molecule has 0 saturated carbocycles. The SMILES string of the molecule is Cl.NC(=O)[B-]1(O)OCc2ccccc21. The Balaban J connectivity index is 0.000000980. The Labute approximate surface area is 87.4 Å². The minimum Gasteiger partial charge on any atom is -0.573 e. The normalized spacial score (nSPS) is 23.8. The monoisotopic (exact) mass is 214 g/mol. The molecule has 0 saturated heterocycles. The first-order valence-corrected chi connectivity index (χ1v) is 4.03. The van der Waals surface area contributed by atoms with Crippen LogP contribution in [0.4, 0.5) is 4.79 Å². The van der Waals surface area contributed by atoms with Gasteiger partial charge in [0, 0.05) is 6.61 Å². The summed E-state index contributed by atoms with van der Waals surface area (Å²) < 4.78 is 5.02. The lowest BCUT2D eigenvalue weighted by Crippen LogP contribution is -2.58. The Hall–Kier alpha value is -1.04. The molecule has 1 atom stereocenters. The van der Waals surface area contributed by atoms with E-state index in [1.807, 2.05) is 6.07 Å². The third kappa shape index (κ3) is 1.39. The first kappa shape index (κ1) is 11.0. The summed E-state index contributed by atoms with van der Waals surface area (Å²) in [4.78, 5) is 11.0. The van der Waals surface area contributed by atoms with Gasteiger partial charge in [0.1, 0.15) is 5.81 Å². The van der Waals surface area contributed by atoms with Crippen LogP contribution in [-0.4, -0.2) is 17.4 Å². The van der Waals surface area contributed by atoms with Gasteiger partial charge in [-0.3, -0.25) is 0 Å². The van der Waals surface area contributed by atoms with Crippen molar-refractivity contribution in [3.63, 3.8) is 0 Å². The number of halogens is 1. The molecule has 1 aromatic carbocycles. The van der Waals surface area contributed by atoms with Gasteiger partial charge in [-0.15, -0.1) is 17.9 Å². The number of hydrogen-bond donors (Lipinski definition) is 2. The van der Waals surface area contributed by atoms with E-state index in [0.717, 1.165) is 5.56 Å². The molecule has 0 fully saturated rings. The number of benzene rings is 1. The van der Waals surface area contributed by atoms with Crippen molar-refractivity contribution in [2.75, 3.05) is 0 Å². The summed E-state index contributed by atoms with van der Waals surface area (Å²) in [6.45, 7) is -2.37. The van der Waals surface area contributed by atoms with Crippen molar-refractivity contribution in [1.29, 1.82) is 0 Å². The fourth-order valence-corrected chi connectivity index (χ4v) is 1.58. The van der Waals surface area contributed by atoms with E-state index in [1.54, 1.807) is 18.2 Å². The van der Waals surface area contributed by atoms with Crippen molar-refractivity contribution in [1.82, 2.24) is 0 Å². The highest BCUT2D eigenvalue weighted by molar-refractivity contribution is 7.05. The summed E-state index contributed by atoms with van der Waals surface area (Å²) in [6, 6.07) is 7.03. The maximum atomic E-state index is 11.0. The summed E-state index contributed by atoms with van der Waals surface area (Å²) in [7, 11) is 0. The topological polar surface area (TPSA) is 72.6 Å². The van der Waals surface area contributed by atoms with Crippen LogP contribution in [0.5, 0.6) is 0 Å². The van der Waals surface area contributed by atoms with Gasteiger partial charge in [-0.1, -0.05) is 29.8 Å². The molecule has 0 spiro atoms. The zero-order chi connectivity index (χ0) is 9.47. The maximum Gasteiger partial charge on any atom is 0.355 e. The Kier molecular flexibility index (Phi) is 2.85. The molecular formula is C8H10BClNO3-. The van der Waals surface area contributed by atoms with Crippen molar-refractivity contribution in [3.8, 4) is 0 Å². The summed E-state index contributed by atoms with van der Waals surface area (Å²) >= 11 is 0. The summed E-state index contributed by atoms with van der Waals surface area (Å²) in [5, 5.41) is 9.79. The average molecular weight is 214 g/mol. The van der Waals surface area contributed by atoms with Crippen LogP contribution in [-0.2, 0) is 11.3 Å². The van der Waals surface area contributed by atoms with Crippen molar-refractivity contribution in [2.24, 2.45) is 5.73 Å². The molecule has 76 valence electrons. The number of nitrogens with two attached hydrogens (primary N) is 1. The second-order valence-corrected chi connectivity index (χ2v) is 3.16. The number of fused-ring (bicyclic) bond motifs is 1. The first-order valence-electron chi connectivity index (χ1n) is 4.03. The van der Waals surface area contributed by atoms with Crippen molar-refractivity contribution >= 4 is 30.2 Å². The molecule has 4 nitrogen and oxygen atoms in total. The highest BCUT2D eigenvalue weighted by Crippen LogP contribution is 2.16. The van der Waals surface area contributed by atoms with Gasteiger partial charge in [0.05, 0.1) is 0 Å². The zero-order valence-electron chi connectivity index (χ0n) is 7.34. The standard InChI is InChI=1S/C8H9BNO3.ClH/c10-8(11)9(12)7-4-2-1-3-6(7)5-13-9;/h1-4,12H,5H2,(H2,10,11);1H/q-1;. The predicted octanol–water partition coefficient (Wildman–Crippen LogP) is -0.0595. The lowest BCUT2D eigenvalue weighted by atomic mass is 9.52. The molecule has 1 heterocycles. The number of primary amides is 1. The van der Waals surface area contributed by atoms with E-state index < -0.39 is 12.4 Å². The van der Waals surface area contributed by atoms with Crippen LogP contribution in [0, 0.1) is 0 Å². The largest absolute Gasteiger partial charge is 0.573 e. The lowest BCUT2D eigenvalue weighted by molar-refractivity contribution is 0.226. The van der Waals surface area contributed by atoms with E-state index >= 15 is 0 Å². The molecule has 3 N–H and O–H groups in total. The Morgan fingerprint density at radius 1 is 1.50 bits per heavy atom. The number of carbonyl (C=O) groups is 1. The molecule has 1 aliphatic rings. The zero-order valence-corrected chi connectivity index (χ0v) is 8.16. The molecular weight excluding hydrogens is 204 g/mol. The molecule has 14 heavy (non-hydrogen) atoms. The second kappa shape index (κ2) is 3.61. The van der Waals surface area contributed by atoms with Gasteiger partial charge in [0.25, 0.3) is 0 Å². The fourth-order valence-electron chi connectivity index (χ4n) is 1.58. The Bertz CT molecular complexity index is 373. The molecule has 0 radical (unpaired) electrons. The highest BCUT2D eigenvalue weighted by atomic mass is 35.5. The lowest BCUT2D eigenvalue weighted by Gasteiger charge is -2.26. The van der Waals surface area contributed by atoms with Crippen molar-refractivity contribution in [3.05, 3.63) is 29.8 Å². The van der Waals surface area contributed by atoms with Gasteiger partial charge >= 0.3 is 6.55 Å². The molecule has 1 amide bonds. The quantitative estimate of drug-likeness (QED) is 0.643. The third-order valence-corrected chi connectivity index (χ3v) is 2.34. The van der Waals surface area contributed by atoms with E-state index in [-0.39, 0.29) is 19.0 Å². The van der Waals surface area contributed by atoms with Gasteiger partial charge < -0.3 is 20.2 Å². The summed E-state index contributed by atoms with van der Waals surface area (Å²) in [5.41, 5.74) is 6.39. The Morgan fingerprint density at radius 3 is 2.79 bits per heavy atom.